The molecule has 0 fully saturated rings. The van der Waals surface area contributed by atoms with Gasteiger partial charge in [0.05, 0.1) is 19.4 Å². The molecule has 0 radical (unpaired) electrons. The van der Waals surface area contributed by atoms with Crippen molar-refractivity contribution < 1.29 is 36.2 Å². The molecule has 10 heteroatoms. The molecule has 19 heavy (non-hydrogen) atoms. The number of allylic oxidation sites excluding steroid dienone is 2. The highest BCUT2D eigenvalue weighted by atomic mass is 35.5. The normalized spacial score (nSPS) is 10.4. The van der Waals surface area contributed by atoms with E-state index >= 15 is 0 Å². The molecule has 0 saturated heterocycles. The highest BCUT2D eigenvalue weighted by Crippen LogP contribution is 2.16. The summed E-state index contributed by atoms with van der Waals surface area (Å²) >= 11 is 4.59. The van der Waals surface area contributed by atoms with Gasteiger partial charge in [0.15, 0.2) is 0 Å². The first-order valence-corrected chi connectivity index (χ1v) is 4.12. The standard InChI is InChI=1S/C4H5F3O.C3H2ClF3.CH4O.CH4.ClH/c1-8-3-2-4(5,6)7;4-2-1-3(5,6)7;1-2;;/h2-3H,1H3;1-2H;2H,1H3;1H4;1H/b3-2+;2-1+;;;. The van der Waals surface area contributed by atoms with Crippen molar-refractivity contribution in [3.05, 3.63) is 23.9 Å². The zero-order chi connectivity index (χ0) is 14.5. The van der Waals surface area contributed by atoms with Crippen LogP contribution in [0, 0.1) is 0 Å². The number of rotatable bonds is 1. The first-order chi connectivity index (χ1) is 7.62. The van der Waals surface area contributed by atoms with E-state index in [2.05, 4.69) is 16.3 Å². The SMILES string of the molecule is C.CO.CO/C=C/C(F)(F)F.Cl.FC(F)(F)/C=C/Cl. The lowest BCUT2D eigenvalue weighted by Gasteiger charge is -1.94. The number of hydrogen-bond acceptors (Lipinski definition) is 2. The van der Waals surface area contributed by atoms with E-state index in [0.29, 0.717) is 11.8 Å². The van der Waals surface area contributed by atoms with Crippen LogP contribution in [0.3, 0.4) is 0 Å². The third kappa shape index (κ3) is 58.5. The van der Waals surface area contributed by atoms with Gasteiger partial charge in [-0.3, -0.25) is 0 Å². The summed E-state index contributed by atoms with van der Waals surface area (Å²) < 4.78 is 69.9. The summed E-state index contributed by atoms with van der Waals surface area (Å²) in [5.41, 5.74) is 0.431. The summed E-state index contributed by atoms with van der Waals surface area (Å²) in [5.74, 6) is 0. The lowest BCUT2D eigenvalue weighted by atomic mass is 10.6. The van der Waals surface area contributed by atoms with E-state index in [9.17, 15) is 26.3 Å². The minimum absolute atomic E-state index is 0. The molecule has 0 spiro atoms. The Balaban J connectivity index is -0.0000000558. The zero-order valence-corrected chi connectivity index (χ0v) is 10.8. The maximum Gasteiger partial charge on any atom is 0.412 e. The average molecular weight is 341 g/mol. The molecule has 0 aliphatic carbocycles. The van der Waals surface area contributed by atoms with Crippen LogP contribution in [0.1, 0.15) is 7.43 Å². The minimum atomic E-state index is -4.26. The summed E-state index contributed by atoms with van der Waals surface area (Å²) in [6, 6.07) is 0. The van der Waals surface area contributed by atoms with Gasteiger partial charge < -0.3 is 9.84 Å². The second kappa shape index (κ2) is 17.4. The molecular formula is C9H16Cl2F6O2. The lowest BCUT2D eigenvalue weighted by molar-refractivity contribution is -0.0818. The number of ether oxygens (including phenoxy) is 1. The van der Waals surface area contributed by atoms with Crippen molar-refractivity contribution in [1.29, 1.82) is 0 Å². The number of halogens is 8. The van der Waals surface area contributed by atoms with Gasteiger partial charge in [0, 0.05) is 18.7 Å². The first kappa shape index (κ1) is 31.0. The summed E-state index contributed by atoms with van der Waals surface area (Å²) in [6.45, 7) is 0. The Morgan fingerprint density at radius 3 is 1.32 bits per heavy atom. The van der Waals surface area contributed by atoms with Gasteiger partial charge in [0.1, 0.15) is 0 Å². The van der Waals surface area contributed by atoms with Crippen LogP contribution in [0.4, 0.5) is 26.3 Å². The van der Waals surface area contributed by atoms with Gasteiger partial charge in [-0.2, -0.15) is 26.3 Å². The maximum absolute atomic E-state index is 11.1. The van der Waals surface area contributed by atoms with E-state index in [1.165, 1.54) is 0 Å². The second-order valence-corrected chi connectivity index (χ2v) is 2.17. The van der Waals surface area contributed by atoms with Crippen molar-refractivity contribution in [3.63, 3.8) is 0 Å². The highest BCUT2D eigenvalue weighted by Gasteiger charge is 2.22. The molecule has 0 rings (SSSR count). The van der Waals surface area contributed by atoms with Crippen LogP contribution in [-0.4, -0.2) is 31.7 Å². The van der Waals surface area contributed by atoms with Gasteiger partial charge in [-0.25, -0.2) is 0 Å². The van der Waals surface area contributed by atoms with Crippen LogP contribution in [0.2, 0.25) is 0 Å². The molecule has 0 aliphatic heterocycles. The maximum atomic E-state index is 11.1. The van der Waals surface area contributed by atoms with Gasteiger partial charge in [-0.1, -0.05) is 19.0 Å². The predicted octanol–water partition coefficient (Wildman–Crippen LogP) is 4.68. The van der Waals surface area contributed by atoms with Crippen molar-refractivity contribution in [1.82, 2.24) is 0 Å². The van der Waals surface area contributed by atoms with E-state index < -0.39 is 12.4 Å². The Morgan fingerprint density at radius 1 is 0.947 bits per heavy atom. The average Bonchev–Trinajstić information content (AvgIpc) is 2.16. The van der Waals surface area contributed by atoms with Gasteiger partial charge in [-0.15, -0.1) is 12.4 Å². The summed E-state index contributed by atoms with van der Waals surface area (Å²) in [4.78, 5) is 0. The summed E-state index contributed by atoms with van der Waals surface area (Å²) in [5, 5.41) is 7.00. The summed E-state index contributed by atoms with van der Waals surface area (Å²) in [6.07, 6.45) is -7.96. The van der Waals surface area contributed by atoms with E-state index in [0.717, 1.165) is 14.2 Å². The molecule has 120 valence electrons. The van der Waals surface area contributed by atoms with Gasteiger partial charge in [0.25, 0.3) is 0 Å². The number of alkyl halides is 6. The molecule has 0 aromatic rings. The largest absolute Gasteiger partial charge is 0.504 e. The third-order valence-corrected chi connectivity index (χ3v) is 0.771. The molecule has 0 bridgehead atoms. The number of aliphatic hydroxyl groups is 1. The monoisotopic (exact) mass is 340 g/mol. The fourth-order valence-corrected chi connectivity index (χ4v) is 0.359. The van der Waals surface area contributed by atoms with Gasteiger partial charge in [-0.05, 0) is 0 Å². The Hall–Kier alpha value is -0.600. The number of methoxy groups -OCH3 is 1. The van der Waals surface area contributed by atoms with Gasteiger partial charge in [0.2, 0.25) is 0 Å². The van der Waals surface area contributed by atoms with Crippen LogP contribution in [-0.2, 0) is 4.74 Å². The molecule has 0 aliphatic rings. The van der Waals surface area contributed by atoms with Crippen LogP contribution >= 0.6 is 24.0 Å². The van der Waals surface area contributed by atoms with E-state index in [1.807, 2.05) is 0 Å². The Morgan fingerprint density at radius 2 is 1.26 bits per heavy atom. The van der Waals surface area contributed by atoms with Crippen molar-refractivity contribution >= 4 is 24.0 Å². The molecule has 0 atom stereocenters. The van der Waals surface area contributed by atoms with Crippen molar-refractivity contribution in [2.24, 2.45) is 0 Å². The first-order valence-electron chi connectivity index (χ1n) is 3.69. The Bertz CT molecular complexity index is 214. The Labute approximate surface area is 119 Å². The smallest absolute Gasteiger partial charge is 0.412 e. The molecule has 0 amide bonds. The fourth-order valence-electron chi connectivity index (χ4n) is 0.217. The van der Waals surface area contributed by atoms with Crippen molar-refractivity contribution in [2.45, 2.75) is 19.8 Å². The molecule has 0 aromatic heterocycles. The van der Waals surface area contributed by atoms with E-state index in [-0.39, 0.29) is 32.0 Å². The van der Waals surface area contributed by atoms with Gasteiger partial charge >= 0.3 is 12.4 Å². The molecule has 0 saturated carbocycles. The molecule has 1 N–H and O–H groups in total. The van der Waals surface area contributed by atoms with Crippen LogP contribution in [0.25, 0.3) is 0 Å². The second-order valence-electron chi connectivity index (χ2n) is 1.91. The van der Waals surface area contributed by atoms with Crippen LogP contribution < -0.4 is 0 Å². The number of hydrogen-bond donors (Lipinski definition) is 1. The van der Waals surface area contributed by atoms with Crippen molar-refractivity contribution in [3.8, 4) is 0 Å². The predicted molar refractivity (Wildman–Crippen MR) is 65.4 cm³/mol. The molecule has 2 nitrogen and oxygen atoms in total. The fraction of sp³-hybridized carbons (Fsp3) is 0.556. The van der Waals surface area contributed by atoms with E-state index in [4.69, 9.17) is 5.11 Å². The summed E-state index contributed by atoms with van der Waals surface area (Å²) in [7, 11) is 2.16. The van der Waals surface area contributed by atoms with Crippen LogP contribution in [0.5, 0.6) is 0 Å². The highest BCUT2D eigenvalue weighted by molar-refractivity contribution is 6.25. The quantitative estimate of drug-likeness (QED) is 0.555. The third-order valence-electron chi connectivity index (χ3n) is 0.645. The minimum Gasteiger partial charge on any atom is -0.504 e. The van der Waals surface area contributed by atoms with E-state index in [1.54, 1.807) is 0 Å². The van der Waals surface area contributed by atoms with Crippen LogP contribution in [0.15, 0.2) is 23.9 Å². The zero-order valence-electron chi connectivity index (χ0n) is 9.22. The molecule has 0 unspecified atom stereocenters. The molecular weight excluding hydrogens is 325 g/mol. The number of aliphatic hydroxyl groups excluding tert-OH is 1. The lowest BCUT2D eigenvalue weighted by Crippen LogP contribution is -2.00. The molecule has 0 aromatic carbocycles. The molecule has 0 heterocycles. The topological polar surface area (TPSA) is 29.5 Å². The van der Waals surface area contributed by atoms with Crippen molar-refractivity contribution in [2.75, 3.05) is 14.2 Å². The Kier molecular flexibility index (Phi) is 28.4.